The number of rotatable bonds is 3. The third kappa shape index (κ3) is 3.50. The first kappa shape index (κ1) is 13.9. The van der Waals surface area contributed by atoms with Gasteiger partial charge in [-0.05, 0) is 0 Å². The Morgan fingerprint density at radius 3 is 2.67 bits per heavy atom. The van der Waals surface area contributed by atoms with E-state index in [4.69, 9.17) is 17.3 Å². The van der Waals surface area contributed by atoms with Gasteiger partial charge in [0.05, 0.1) is 0 Å². The minimum absolute atomic E-state index is 0.0717. The molecule has 1 aromatic rings. The third-order valence-electron chi connectivity index (χ3n) is 3.17. The summed E-state index contributed by atoms with van der Waals surface area (Å²) in [5, 5.41) is 0.887. The molecule has 0 saturated carbocycles. The molecule has 1 fully saturated rings. The topological polar surface area (TPSA) is 46.3 Å². The summed E-state index contributed by atoms with van der Waals surface area (Å²) in [7, 11) is 0. The number of hydrogen-bond acceptors (Lipinski definition) is 2. The molecular formula is C13H17AsClN2O. The fraction of sp³-hybridized carbons (Fsp3) is 0.462. The summed E-state index contributed by atoms with van der Waals surface area (Å²) >= 11 is 6.28. The van der Waals surface area contributed by atoms with E-state index in [0.29, 0.717) is 4.71 Å². The van der Waals surface area contributed by atoms with Crippen LogP contribution in [0.1, 0.15) is 12.8 Å². The molecule has 0 bridgehead atoms. The zero-order valence-corrected chi connectivity index (χ0v) is 12.8. The van der Waals surface area contributed by atoms with Crippen molar-refractivity contribution in [3.05, 3.63) is 29.3 Å². The van der Waals surface area contributed by atoms with Gasteiger partial charge in [-0.3, -0.25) is 0 Å². The zero-order chi connectivity index (χ0) is 13.0. The standard InChI is InChI=1S/C13H17AsClN2O/c15-12-4-2-1-3-11(12)14-10-5-7-17(8-6-10)13(18)9-16/h1-4,10H,5-9,16H2. The molecule has 1 aliphatic rings. The first-order chi connectivity index (χ1) is 8.70. The van der Waals surface area contributed by atoms with E-state index in [1.807, 2.05) is 23.1 Å². The number of nitrogens with zero attached hydrogens (tertiary/aromatic N) is 1. The van der Waals surface area contributed by atoms with Crippen LogP contribution in [0.2, 0.25) is 9.73 Å². The fourth-order valence-electron chi connectivity index (χ4n) is 2.13. The van der Waals surface area contributed by atoms with Gasteiger partial charge in [-0.1, -0.05) is 0 Å². The molecular weight excluding hydrogens is 311 g/mol. The molecule has 3 nitrogen and oxygen atoms in total. The number of piperidine rings is 1. The quantitative estimate of drug-likeness (QED) is 0.843. The molecule has 1 saturated heterocycles. The van der Waals surface area contributed by atoms with Crippen molar-refractivity contribution in [3.63, 3.8) is 0 Å². The fourth-order valence-corrected chi connectivity index (χ4v) is 5.14. The molecule has 1 aliphatic heterocycles. The molecule has 0 spiro atoms. The molecule has 2 rings (SSSR count). The van der Waals surface area contributed by atoms with Gasteiger partial charge in [0.25, 0.3) is 0 Å². The number of halogens is 1. The number of nitrogens with two attached hydrogens (primary N) is 1. The van der Waals surface area contributed by atoms with E-state index in [2.05, 4.69) is 6.07 Å². The van der Waals surface area contributed by atoms with Gasteiger partial charge in [-0.25, -0.2) is 0 Å². The van der Waals surface area contributed by atoms with E-state index >= 15 is 0 Å². The van der Waals surface area contributed by atoms with Gasteiger partial charge < -0.3 is 0 Å². The number of hydrogen-bond donors (Lipinski definition) is 1. The Bertz CT molecular complexity index is 419. The second kappa shape index (κ2) is 6.60. The van der Waals surface area contributed by atoms with Crippen LogP contribution >= 0.6 is 11.6 Å². The van der Waals surface area contributed by atoms with Crippen molar-refractivity contribution in [2.24, 2.45) is 5.73 Å². The van der Waals surface area contributed by atoms with E-state index in [1.54, 1.807) is 0 Å². The Hall–Kier alpha value is -0.502. The summed E-state index contributed by atoms with van der Waals surface area (Å²) in [4.78, 5) is 13.4. The van der Waals surface area contributed by atoms with Crippen LogP contribution in [0.4, 0.5) is 0 Å². The van der Waals surface area contributed by atoms with Gasteiger partial charge >= 0.3 is 120 Å². The molecule has 18 heavy (non-hydrogen) atoms. The second-order valence-corrected chi connectivity index (χ2v) is 7.89. The van der Waals surface area contributed by atoms with Crippen LogP contribution in [-0.4, -0.2) is 46.2 Å². The summed E-state index contributed by atoms with van der Waals surface area (Å²) in [6, 6.07) is 8.10. The van der Waals surface area contributed by atoms with Crippen LogP contribution < -0.4 is 10.1 Å². The van der Waals surface area contributed by atoms with E-state index < -0.39 is 0 Å². The normalized spacial score (nSPS) is 17.6. The van der Waals surface area contributed by atoms with Crippen LogP contribution in [0.5, 0.6) is 0 Å². The number of carbonyl (C=O) groups excluding carboxylic acids is 1. The van der Waals surface area contributed by atoms with Crippen LogP contribution in [0.25, 0.3) is 0 Å². The Labute approximate surface area is 119 Å². The average Bonchev–Trinajstić information content (AvgIpc) is 2.41. The van der Waals surface area contributed by atoms with Crippen molar-refractivity contribution in [2.45, 2.75) is 17.5 Å². The maximum atomic E-state index is 11.5. The predicted octanol–water partition coefficient (Wildman–Crippen LogP) is 1.04. The van der Waals surface area contributed by atoms with Crippen molar-refractivity contribution < 1.29 is 4.79 Å². The van der Waals surface area contributed by atoms with Crippen LogP contribution in [0.15, 0.2) is 24.3 Å². The molecule has 1 radical (unpaired) electrons. The molecule has 1 amide bonds. The van der Waals surface area contributed by atoms with E-state index in [-0.39, 0.29) is 28.2 Å². The van der Waals surface area contributed by atoms with Crippen LogP contribution in [0.3, 0.4) is 0 Å². The van der Waals surface area contributed by atoms with E-state index in [9.17, 15) is 4.79 Å². The van der Waals surface area contributed by atoms with Crippen LogP contribution in [-0.2, 0) is 4.79 Å². The minimum atomic E-state index is 0.0717. The Morgan fingerprint density at radius 1 is 1.39 bits per heavy atom. The van der Waals surface area contributed by atoms with Crippen molar-refractivity contribution in [1.82, 2.24) is 4.90 Å². The maximum absolute atomic E-state index is 11.5. The van der Waals surface area contributed by atoms with Gasteiger partial charge in [-0.15, -0.1) is 0 Å². The summed E-state index contributed by atoms with van der Waals surface area (Å²) in [5.41, 5.74) is 5.38. The van der Waals surface area contributed by atoms with Gasteiger partial charge in [-0.2, -0.15) is 0 Å². The monoisotopic (exact) mass is 327 g/mol. The molecule has 0 atom stereocenters. The first-order valence-electron chi connectivity index (χ1n) is 6.14. The van der Waals surface area contributed by atoms with Gasteiger partial charge in [0.1, 0.15) is 0 Å². The van der Waals surface area contributed by atoms with Crippen molar-refractivity contribution in [1.29, 1.82) is 0 Å². The van der Waals surface area contributed by atoms with Crippen molar-refractivity contribution in [2.75, 3.05) is 19.6 Å². The number of benzene rings is 1. The van der Waals surface area contributed by atoms with Crippen molar-refractivity contribution in [3.8, 4) is 0 Å². The summed E-state index contributed by atoms with van der Waals surface area (Å²) < 4.78 is 2.02. The SMILES string of the molecule is NCC(=O)N1CCC([As]c2ccccc2Cl)CC1. The van der Waals surface area contributed by atoms with Crippen molar-refractivity contribution >= 4 is 37.6 Å². The second-order valence-electron chi connectivity index (χ2n) is 4.40. The molecule has 0 unspecified atom stereocenters. The Morgan fingerprint density at radius 2 is 2.06 bits per heavy atom. The van der Waals surface area contributed by atoms with E-state index in [1.165, 1.54) is 4.35 Å². The molecule has 1 heterocycles. The first-order valence-corrected chi connectivity index (χ1v) is 8.54. The van der Waals surface area contributed by atoms with Gasteiger partial charge in [0.2, 0.25) is 0 Å². The van der Waals surface area contributed by atoms with Gasteiger partial charge in [0, 0.05) is 0 Å². The molecule has 5 heteroatoms. The van der Waals surface area contributed by atoms with Crippen LogP contribution in [0, 0.1) is 0 Å². The molecule has 97 valence electrons. The molecule has 1 aromatic carbocycles. The predicted molar refractivity (Wildman–Crippen MR) is 75.5 cm³/mol. The average molecular weight is 328 g/mol. The number of carbonyl (C=O) groups is 1. The Balaban J connectivity index is 1.87. The molecule has 0 aromatic heterocycles. The summed E-state index contributed by atoms with van der Waals surface area (Å²) in [5.74, 6) is 0.0717. The summed E-state index contributed by atoms with van der Waals surface area (Å²) in [6.07, 6.45) is 2.16. The van der Waals surface area contributed by atoms with Gasteiger partial charge in [0.15, 0.2) is 0 Å². The number of amides is 1. The summed E-state index contributed by atoms with van der Waals surface area (Å²) in [6.45, 7) is 1.82. The zero-order valence-electron chi connectivity index (χ0n) is 10.2. The van der Waals surface area contributed by atoms with E-state index in [0.717, 1.165) is 31.0 Å². The third-order valence-corrected chi connectivity index (χ3v) is 7.03. The molecule has 2 N–H and O–H groups in total. The molecule has 0 aliphatic carbocycles. The Kier molecular flexibility index (Phi) is 5.11. The number of likely N-dealkylation sites (tertiary alicyclic amines) is 1.